The SMILES string of the molecule is C#C/C(Br)=C(/Br)C#C. The van der Waals surface area contributed by atoms with Crippen LogP contribution in [0.1, 0.15) is 0 Å². The number of rotatable bonds is 0. The summed E-state index contributed by atoms with van der Waals surface area (Å²) in [6.07, 6.45) is 9.94. The zero-order chi connectivity index (χ0) is 6.57. The van der Waals surface area contributed by atoms with Crippen LogP contribution in [0.2, 0.25) is 0 Å². The highest BCUT2D eigenvalue weighted by Crippen LogP contribution is 2.14. The van der Waals surface area contributed by atoms with Crippen LogP contribution in [0.25, 0.3) is 0 Å². The number of hydrogen-bond acceptors (Lipinski definition) is 0. The molecule has 0 unspecified atom stereocenters. The van der Waals surface area contributed by atoms with E-state index in [2.05, 4.69) is 43.7 Å². The molecule has 0 atom stereocenters. The molecule has 0 nitrogen and oxygen atoms in total. The fourth-order valence-corrected chi connectivity index (χ4v) is 0.356. The van der Waals surface area contributed by atoms with Crippen LogP contribution in [0, 0.1) is 24.7 Å². The minimum Gasteiger partial charge on any atom is -0.114 e. The van der Waals surface area contributed by atoms with Crippen molar-refractivity contribution in [2.45, 2.75) is 0 Å². The molecule has 0 heterocycles. The first-order chi connectivity index (χ1) is 3.72. The molecule has 0 aliphatic heterocycles. The lowest BCUT2D eigenvalue weighted by atomic mass is 10.5. The molecule has 0 fully saturated rings. The van der Waals surface area contributed by atoms with Gasteiger partial charge in [0.1, 0.15) is 0 Å². The van der Waals surface area contributed by atoms with E-state index in [0.717, 1.165) is 0 Å². The minimum atomic E-state index is 0.569. The fourth-order valence-electron chi connectivity index (χ4n) is 0.127. The Morgan fingerprint density at radius 2 is 1.25 bits per heavy atom. The second-order valence-corrected chi connectivity index (χ2v) is 2.50. The Kier molecular flexibility index (Phi) is 3.69. The van der Waals surface area contributed by atoms with Crippen molar-refractivity contribution in [3.8, 4) is 24.7 Å². The van der Waals surface area contributed by atoms with Gasteiger partial charge in [-0.05, 0) is 31.9 Å². The highest BCUT2D eigenvalue weighted by molar-refractivity contribution is 9.14. The standard InChI is InChI=1S/C6H2Br2/c1-3-5(7)6(8)4-2/h1-2H/b6-5-. The van der Waals surface area contributed by atoms with E-state index in [4.69, 9.17) is 12.8 Å². The van der Waals surface area contributed by atoms with Gasteiger partial charge in [0.2, 0.25) is 0 Å². The van der Waals surface area contributed by atoms with Crippen molar-refractivity contribution in [3.63, 3.8) is 0 Å². The van der Waals surface area contributed by atoms with Gasteiger partial charge in [-0.1, -0.05) is 11.8 Å². The molecule has 0 spiro atoms. The molecule has 0 N–H and O–H groups in total. The maximum atomic E-state index is 4.97. The largest absolute Gasteiger partial charge is 0.114 e. The smallest absolute Gasteiger partial charge is 0.0897 e. The third kappa shape index (κ3) is 2.21. The molecule has 2 heteroatoms. The van der Waals surface area contributed by atoms with Crippen molar-refractivity contribution in [2.24, 2.45) is 0 Å². The summed E-state index contributed by atoms with van der Waals surface area (Å²) in [7, 11) is 0. The maximum absolute atomic E-state index is 4.97. The van der Waals surface area contributed by atoms with Crippen LogP contribution in [-0.2, 0) is 0 Å². The quantitative estimate of drug-likeness (QED) is 0.564. The molecule has 0 saturated heterocycles. The number of halogens is 2. The van der Waals surface area contributed by atoms with E-state index in [1.165, 1.54) is 0 Å². The van der Waals surface area contributed by atoms with Crippen LogP contribution in [-0.4, -0.2) is 0 Å². The summed E-state index contributed by atoms with van der Waals surface area (Å²) in [5.41, 5.74) is 0. The summed E-state index contributed by atoms with van der Waals surface area (Å²) < 4.78 is 1.14. The van der Waals surface area contributed by atoms with Crippen LogP contribution < -0.4 is 0 Å². The van der Waals surface area contributed by atoms with Gasteiger partial charge < -0.3 is 0 Å². The van der Waals surface area contributed by atoms with Crippen LogP contribution in [0.4, 0.5) is 0 Å². The number of hydrogen-bond donors (Lipinski definition) is 0. The molecule has 8 heavy (non-hydrogen) atoms. The Morgan fingerprint density at radius 3 is 1.38 bits per heavy atom. The summed E-state index contributed by atoms with van der Waals surface area (Å²) in [5, 5.41) is 0. The zero-order valence-corrected chi connectivity index (χ0v) is 7.08. The van der Waals surface area contributed by atoms with Crippen LogP contribution in [0.15, 0.2) is 8.96 Å². The van der Waals surface area contributed by atoms with Crippen LogP contribution >= 0.6 is 31.9 Å². The molecule has 0 rings (SSSR count). The lowest BCUT2D eigenvalue weighted by molar-refractivity contribution is 2.06. The molecule has 0 saturated carbocycles. The first kappa shape index (κ1) is 7.82. The van der Waals surface area contributed by atoms with Crippen molar-refractivity contribution in [1.29, 1.82) is 0 Å². The van der Waals surface area contributed by atoms with Gasteiger partial charge in [-0.25, -0.2) is 0 Å². The van der Waals surface area contributed by atoms with Gasteiger partial charge in [-0.15, -0.1) is 12.8 Å². The average Bonchev–Trinajstić information content (AvgIpc) is 1.84. The van der Waals surface area contributed by atoms with Crippen LogP contribution in [0.5, 0.6) is 0 Å². The van der Waals surface area contributed by atoms with Gasteiger partial charge in [0.15, 0.2) is 0 Å². The molecular formula is C6H2Br2. The van der Waals surface area contributed by atoms with E-state index >= 15 is 0 Å². The summed E-state index contributed by atoms with van der Waals surface area (Å²) in [4.78, 5) is 0. The van der Waals surface area contributed by atoms with E-state index < -0.39 is 0 Å². The highest BCUT2D eigenvalue weighted by atomic mass is 79.9. The van der Waals surface area contributed by atoms with Crippen molar-refractivity contribution in [1.82, 2.24) is 0 Å². The Balaban J connectivity index is 4.41. The fraction of sp³-hybridized carbons (Fsp3) is 0. The van der Waals surface area contributed by atoms with Crippen molar-refractivity contribution >= 4 is 31.9 Å². The lowest BCUT2D eigenvalue weighted by Gasteiger charge is -1.82. The minimum absolute atomic E-state index is 0.569. The first-order valence-electron chi connectivity index (χ1n) is 1.71. The monoisotopic (exact) mass is 232 g/mol. The molecule has 0 aromatic rings. The van der Waals surface area contributed by atoms with Gasteiger partial charge in [0, 0.05) is 0 Å². The van der Waals surface area contributed by atoms with Crippen molar-refractivity contribution in [3.05, 3.63) is 8.96 Å². The molecular weight excluding hydrogens is 232 g/mol. The van der Waals surface area contributed by atoms with Gasteiger partial charge in [-0.2, -0.15) is 0 Å². The second kappa shape index (κ2) is 3.78. The van der Waals surface area contributed by atoms with Gasteiger partial charge in [-0.3, -0.25) is 0 Å². The average molecular weight is 234 g/mol. The molecule has 0 bridgehead atoms. The molecule has 0 radical (unpaired) electrons. The number of allylic oxidation sites excluding steroid dienone is 2. The van der Waals surface area contributed by atoms with Gasteiger partial charge in [0.25, 0.3) is 0 Å². The Morgan fingerprint density at radius 1 is 1.00 bits per heavy atom. The third-order valence-corrected chi connectivity index (χ3v) is 2.23. The second-order valence-electron chi connectivity index (χ2n) is 0.917. The lowest BCUT2D eigenvalue weighted by Crippen LogP contribution is -1.64. The Hall–Kier alpha value is -0.180. The molecule has 0 amide bonds. The predicted molar refractivity (Wildman–Crippen MR) is 42.5 cm³/mol. The highest BCUT2D eigenvalue weighted by Gasteiger charge is 1.88. The Bertz CT molecular complexity index is 166. The van der Waals surface area contributed by atoms with E-state index in [9.17, 15) is 0 Å². The van der Waals surface area contributed by atoms with E-state index in [1.54, 1.807) is 0 Å². The van der Waals surface area contributed by atoms with Crippen molar-refractivity contribution in [2.75, 3.05) is 0 Å². The summed E-state index contributed by atoms with van der Waals surface area (Å²) in [5.74, 6) is 4.65. The van der Waals surface area contributed by atoms with Gasteiger partial charge in [0.05, 0.1) is 8.96 Å². The van der Waals surface area contributed by atoms with Crippen molar-refractivity contribution < 1.29 is 0 Å². The van der Waals surface area contributed by atoms with Crippen LogP contribution in [0.3, 0.4) is 0 Å². The number of terminal acetylenes is 2. The normalized spacial score (nSPS) is 11.0. The predicted octanol–water partition coefficient (Wildman–Crippen LogP) is 2.25. The third-order valence-electron chi connectivity index (χ3n) is 0.446. The van der Waals surface area contributed by atoms with Gasteiger partial charge >= 0.3 is 0 Å². The van der Waals surface area contributed by atoms with E-state index in [-0.39, 0.29) is 0 Å². The first-order valence-corrected chi connectivity index (χ1v) is 3.29. The summed E-state index contributed by atoms with van der Waals surface area (Å²) >= 11 is 6.11. The van der Waals surface area contributed by atoms with E-state index in [0.29, 0.717) is 8.96 Å². The molecule has 0 aliphatic rings. The maximum Gasteiger partial charge on any atom is 0.0897 e. The topological polar surface area (TPSA) is 0 Å². The molecule has 40 valence electrons. The summed E-state index contributed by atoms with van der Waals surface area (Å²) in [6, 6.07) is 0. The van der Waals surface area contributed by atoms with E-state index in [1.807, 2.05) is 0 Å². The zero-order valence-electron chi connectivity index (χ0n) is 3.91. The molecule has 0 aromatic heterocycles. The molecule has 0 aromatic carbocycles. The Labute approximate surface area is 65.6 Å². The summed E-state index contributed by atoms with van der Waals surface area (Å²) in [6.45, 7) is 0. The molecule has 0 aliphatic carbocycles.